The van der Waals surface area contributed by atoms with Crippen molar-refractivity contribution in [3.63, 3.8) is 0 Å². The van der Waals surface area contributed by atoms with Gasteiger partial charge in [0.25, 0.3) is 5.91 Å². The first-order valence-electron chi connectivity index (χ1n) is 11.4. The standard InChI is InChI=1S/C24H33N3O3/c1-15(2)27-21(28)24(26-22(27)25)20-12-19(30-14-16-4-5-16)7-6-17(20)13-23(24)10-8-18(29-3)9-11-23/h6-7,12,15-16,18H,4-5,8-11,13-14H2,1-3H3,(H2,25,26). The van der Waals surface area contributed by atoms with E-state index < -0.39 is 5.54 Å². The average molecular weight is 412 g/mol. The highest BCUT2D eigenvalue weighted by Gasteiger charge is 2.67. The van der Waals surface area contributed by atoms with E-state index in [9.17, 15) is 4.79 Å². The molecule has 5 rings (SSSR count). The molecule has 1 aromatic carbocycles. The number of nitrogens with zero attached hydrogens (tertiary/aromatic N) is 2. The lowest BCUT2D eigenvalue weighted by Crippen LogP contribution is -2.53. The van der Waals surface area contributed by atoms with Crippen molar-refractivity contribution >= 4 is 11.9 Å². The smallest absolute Gasteiger partial charge is 0.262 e. The Kier molecular flexibility index (Phi) is 4.62. The lowest BCUT2D eigenvalue weighted by Gasteiger charge is -2.45. The fourth-order valence-corrected chi connectivity index (χ4v) is 5.90. The van der Waals surface area contributed by atoms with Crippen molar-refractivity contribution in [3.8, 4) is 5.75 Å². The van der Waals surface area contributed by atoms with E-state index in [1.165, 1.54) is 18.4 Å². The molecule has 2 N–H and O–H groups in total. The Bertz CT molecular complexity index is 884. The molecule has 2 saturated carbocycles. The van der Waals surface area contributed by atoms with Gasteiger partial charge in [0, 0.05) is 18.6 Å². The Morgan fingerprint density at radius 2 is 1.97 bits per heavy atom. The van der Waals surface area contributed by atoms with Crippen molar-refractivity contribution in [2.75, 3.05) is 13.7 Å². The molecule has 3 aliphatic carbocycles. The highest BCUT2D eigenvalue weighted by atomic mass is 16.5. The zero-order chi connectivity index (χ0) is 21.1. The fraction of sp³-hybridized carbons (Fsp3) is 0.667. The number of amides is 1. The number of nitrogens with two attached hydrogens (primary N) is 1. The Labute approximate surface area is 178 Å². The first-order valence-corrected chi connectivity index (χ1v) is 11.4. The molecule has 1 aromatic rings. The molecule has 1 aliphatic heterocycles. The lowest BCUT2D eigenvalue weighted by atomic mass is 9.61. The first kappa shape index (κ1) is 19.9. The van der Waals surface area contributed by atoms with Gasteiger partial charge in [0.2, 0.25) is 0 Å². The van der Waals surface area contributed by atoms with Crippen LogP contribution in [0.25, 0.3) is 0 Å². The molecule has 6 nitrogen and oxygen atoms in total. The van der Waals surface area contributed by atoms with Gasteiger partial charge in [-0.2, -0.15) is 0 Å². The van der Waals surface area contributed by atoms with Crippen LogP contribution in [0, 0.1) is 11.3 Å². The molecule has 0 bridgehead atoms. The molecule has 1 amide bonds. The van der Waals surface area contributed by atoms with Crippen molar-refractivity contribution in [1.82, 2.24) is 4.90 Å². The van der Waals surface area contributed by atoms with E-state index in [2.05, 4.69) is 18.2 Å². The third kappa shape index (κ3) is 2.79. The van der Waals surface area contributed by atoms with Crippen molar-refractivity contribution in [2.45, 2.75) is 76.5 Å². The third-order valence-electron chi connectivity index (χ3n) is 7.75. The van der Waals surface area contributed by atoms with E-state index in [1.807, 2.05) is 13.8 Å². The molecule has 1 unspecified atom stereocenters. The van der Waals surface area contributed by atoms with Crippen LogP contribution >= 0.6 is 0 Å². The molecule has 0 aromatic heterocycles. The lowest BCUT2D eigenvalue weighted by molar-refractivity contribution is -0.139. The summed E-state index contributed by atoms with van der Waals surface area (Å²) in [6, 6.07) is 6.26. The summed E-state index contributed by atoms with van der Waals surface area (Å²) in [5, 5.41) is 0. The minimum atomic E-state index is -0.936. The molecule has 162 valence electrons. The minimum Gasteiger partial charge on any atom is -0.493 e. The number of hydrogen-bond donors (Lipinski definition) is 1. The van der Waals surface area contributed by atoms with E-state index in [0.717, 1.165) is 50.0 Å². The van der Waals surface area contributed by atoms with E-state index >= 15 is 0 Å². The summed E-state index contributed by atoms with van der Waals surface area (Å²) in [6.07, 6.45) is 7.33. The number of carbonyl (C=O) groups excluding carboxylic acids is 1. The molecule has 2 spiro atoms. The number of hydrogen-bond acceptors (Lipinski definition) is 5. The van der Waals surface area contributed by atoms with Gasteiger partial charge in [-0.1, -0.05) is 6.07 Å². The van der Waals surface area contributed by atoms with Gasteiger partial charge in [-0.15, -0.1) is 0 Å². The van der Waals surface area contributed by atoms with Gasteiger partial charge >= 0.3 is 0 Å². The zero-order valence-electron chi connectivity index (χ0n) is 18.3. The zero-order valence-corrected chi connectivity index (χ0v) is 18.3. The van der Waals surface area contributed by atoms with Crippen molar-refractivity contribution < 1.29 is 14.3 Å². The van der Waals surface area contributed by atoms with Crippen LogP contribution in [0.4, 0.5) is 0 Å². The number of benzene rings is 1. The summed E-state index contributed by atoms with van der Waals surface area (Å²) in [6.45, 7) is 4.75. The first-order chi connectivity index (χ1) is 14.4. The number of fused-ring (bicyclic) bond motifs is 3. The van der Waals surface area contributed by atoms with Crippen LogP contribution in [0.2, 0.25) is 0 Å². The Morgan fingerprint density at radius 3 is 2.57 bits per heavy atom. The number of guanidine groups is 1. The predicted molar refractivity (Wildman–Crippen MR) is 115 cm³/mol. The van der Waals surface area contributed by atoms with Gasteiger partial charge in [-0.3, -0.25) is 9.69 Å². The summed E-state index contributed by atoms with van der Waals surface area (Å²) in [5.41, 5.74) is 7.40. The van der Waals surface area contributed by atoms with Crippen LogP contribution in [0.5, 0.6) is 5.75 Å². The van der Waals surface area contributed by atoms with Gasteiger partial charge in [-0.25, -0.2) is 4.99 Å². The van der Waals surface area contributed by atoms with Crippen LogP contribution in [0.15, 0.2) is 23.2 Å². The maximum atomic E-state index is 14.0. The van der Waals surface area contributed by atoms with Crippen molar-refractivity contribution in [3.05, 3.63) is 29.3 Å². The maximum Gasteiger partial charge on any atom is 0.262 e. The van der Waals surface area contributed by atoms with Crippen LogP contribution in [-0.4, -0.2) is 42.6 Å². The highest BCUT2D eigenvalue weighted by Crippen LogP contribution is 2.62. The Morgan fingerprint density at radius 1 is 1.23 bits per heavy atom. The van der Waals surface area contributed by atoms with Gasteiger partial charge in [0.1, 0.15) is 5.75 Å². The minimum absolute atomic E-state index is 0.0219. The summed E-state index contributed by atoms with van der Waals surface area (Å²) < 4.78 is 11.7. The summed E-state index contributed by atoms with van der Waals surface area (Å²) >= 11 is 0. The molecule has 6 heteroatoms. The fourth-order valence-electron chi connectivity index (χ4n) is 5.90. The second-order valence-corrected chi connectivity index (χ2v) is 9.91. The van der Waals surface area contributed by atoms with Crippen molar-refractivity contribution in [2.24, 2.45) is 22.1 Å². The molecule has 30 heavy (non-hydrogen) atoms. The molecule has 4 aliphatic rings. The third-order valence-corrected chi connectivity index (χ3v) is 7.75. The van der Waals surface area contributed by atoms with Crippen LogP contribution in [0.3, 0.4) is 0 Å². The summed E-state index contributed by atoms with van der Waals surface area (Å²) in [4.78, 5) is 20.7. The van der Waals surface area contributed by atoms with E-state index in [-0.39, 0.29) is 23.5 Å². The quantitative estimate of drug-likeness (QED) is 0.806. The molecule has 1 atom stereocenters. The SMILES string of the molecule is COC1CCC2(CC1)Cc1ccc(OCC3CC3)cc1C21N=C(N)N(C(C)C)C1=O. The molecular formula is C24H33N3O3. The topological polar surface area (TPSA) is 77.2 Å². The van der Waals surface area contributed by atoms with Gasteiger partial charge in [0.05, 0.1) is 12.7 Å². The Balaban J connectivity index is 1.59. The number of methoxy groups -OCH3 is 1. The van der Waals surface area contributed by atoms with Gasteiger partial charge in [0.15, 0.2) is 11.5 Å². The molecule has 2 fully saturated rings. The number of aliphatic imine (C=N–C) groups is 1. The Hall–Kier alpha value is -2.08. The van der Waals surface area contributed by atoms with Crippen LogP contribution in [0.1, 0.15) is 63.5 Å². The number of carbonyl (C=O) groups is 1. The second kappa shape index (κ2) is 6.98. The van der Waals surface area contributed by atoms with E-state index in [1.54, 1.807) is 12.0 Å². The second-order valence-electron chi connectivity index (χ2n) is 9.91. The predicted octanol–water partition coefficient (Wildman–Crippen LogP) is 3.37. The average Bonchev–Trinajstić information content (AvgIpc) is 3.46. The number of rotatable bonds is 5. The van der Waals surface area contributed by atoms with Crippen LogP contribution < -0.4 is 10.5 Å². The number of ether oxygens (including phenoxy) is 2. The van der Waals surface area contributed by atoms with E-state index in [0.29, 0.717) is 11.9 Å². The monoisotopic (exact) mass is 411 g/mol. The van der Waals surface area contributed by atoms with E-state index in [4.69, 9.17) is 20.2 Å². The highest BCUT2D eigenvalue weighted by molar-refractivity contribution is 6.08. The van der Waals surface area contributed by atoms with Gasteiger partial charge in [-0.05, 0) is 88.0 Å². The molecular weight excluding hydrogens is 378 g/mol. The molecule has 0 saturated heterocycles. The summed E-state index contributed by atoms with van der Waals surface area (Å²) in [5.74, 6) is 1.90. The largest absolute Gasteiger partial charge is 0.493 e. The normalized spacial score (nSPS) is 32.9. The van der Waals surface area contributed by atoms with Gasteiger partial charge < -0.3 is 15.2 Å². The summed E-state index contributed by atoms with van der Waals surface area (Å²) in [7, 11) is 1.78. The van der Waals surface area contributed by atoms with Crippen molar-refractivity contribution in [1.29, 1.82) is 0 Å². The molecule has 0 radical (unpaired) electrons. The van der Waals surface area contributed by atoms with Crippen LogP contribution in [-0.2, 0) is 21.5 Å². The maximum absolute atomic E-state index is 14.0. The molecule has 1 heterocycles.